The minimum atomic E-state index is -0.613. The summed E-state index contributed by atoms with van der Waals surface area (Å²) in [5, 5.41) is 12.1. The van der Waals surface area contributed by atoms with Crippen LogP contribution >= 0.6 is 46.1 Å². The van der Waals surface area contributed by atoms with Crippen molar-refractivity contribution < 1.29 is 19.0 Å². The maximum absolute atomic E-state index is 13.0. The Morgan fingerprint density at radius 3 is 2.50 bits per heavy atom. The van der Waals surface area contributed by atoms with Gasteiger partial charge in [-0.2, -0.15) is 5.26 Å². The molecule has 0 radical (unpaired) electrons. The van der Waals surface area contributed by atoms with E-state index in [9.17, 15) is 10.1 Å². The number of benzene rings is 4. The first-order chi connectivity index (χ1) is 20.3. The van der Waals surface area contributed by atoms with Crippen molar-refractivity contribution in [3.05, 3.63) is 133 Å². The van der Waals surface area contributed by atoms with Crippen LogP contribution in [0.15, 0.2) is 96.4 Å². The molecule has 6 nitrogen and oxygen atoms in total. The smallest absolute Gasteiger partial charge is 0.355 e. The molecule has 1 aliphatic rings. The van der Waals surface area contributed by atoms with E-state index in [0.717, 1.165) is 21.2 Å². The van der Waals surface area contributed by atoms with Crippen LogP contribution in [0.4, 0.5) is 0 Å². The minimum Gasteiger partial charge on any atom is -0.489 e. The number of nitrogens with zero attached hydrogens (tertiary/aromatic N) is 1. The van der Waals surface area contributed by atoms with Crippen LogP contribution < -0.4 is 19.9 Å². The summed E-state index contributed by atoms with van der Waals surface area (Å²) in [6.45, 7) is 0.317. The number of hydrogen-bond acceptors (Lipinski definition) is 7. The molecule has 2 N–H and O–H groups in total. The Morgan fingerprint density at radius 1 is 0.976 bits per heavy atom. The van der Waals surface area contributed by atoms with Gasteiger partial charge in [0, 0.05) is 37.3 Å². The second-order valence-electron chi connectivity index (χ2n) is 9.35. The normalized spacial score (nSPS) is 14.2. The van der Waals surface area contributed by atoms with Gasteiger partial charge in [-0.3, -0.25) is 0 Å². The van der Waals surface area contributed by atoms with Gasteiger partial charge < -0.3 is 19.9 Å². The fourth-order valence-electron chi connectivity index (χ4n) is 4.70. The summed E-state index contributed by atoms with van der Waals surface area (Å²) in [7, 11) is 0. The van der Waals surface area contributed by atoms with Gasteiger partial charge in [-0.15, -0.1) is 11.3 Å². The molecule has 1 unspecified atom stereocenters. The minimum absolute atomic E-state index is 0.0260. The molecule has 0 saturated carbocycles. The highest BCUT2D eigenvalue weighted by Crippen LogP contribution is 2.44. The molecular weight excluding hydrogens is 615 g/mol. The van der Waals surface area contributed by atoms with Crippen molar-refractivity contribution in [3.8, 4) is 23.3 Å². The molecule has 0 saturated heterocycles. The van der Waals surface area contributed by atoms with E-state index >= 15 is 0 Å². The highest BCUT2D eigenvalue weighted by Gasteiger charge is 2.31. The topological polar surface area (TPSA) is 94.6 Å². The summed E-state index contributed by atoms with van der Waals surface area (Å²) in [6.07, 6.45) is 0. The molecule has 0 fully saturated rings. The van der Waals surface area contributed by atoms with Crippen molar-refractivity contribution in [3.63, 3.8) is 0 Å². The Bertz CT molecular complexity index is 1930. The number of thiophene rings is 1. The number of carbonyl (C=O) groups excluding carboxylic acids is 1. The van der Waals surface area contributed by atoms with E-state index in [1.54, 1.807) is 36.4 Å². The molecule has 42 heavy (non-hydrogen) atoms. The van der Waals surface area contributed by atoms with Gasteiger partial charge in [0.05, 0.1) is 10.9 Å². The molecule has 4 aromatic carbocycles. The lowest BCUT2D eigenvalue weighted by molar-refractivity contribution is 0.0740. The standard InChI is InChI=1S/C32H19Cl3N2O4S/c33-19-7-11-23-27(13-19)42-30(29(23)35)32(38)40-21-10-12-22-26(14-21)41-31(37)24(15-36)28(22)17-5-8-20(9-6-17)39-16-18-3-1-2-4-25(18)34/h1-14,28H,16,37H2. The van der Waals surface area contributed by atoms with Gasteiger partial charge >= 0.3 is 5.97 Å². The molecule has 6 rings (SSSR count). The first kappa shape index (κ1) is 28.0. The number of esters is 1. The van der Waals surface area contributed by atoms with Gasteiger partial charge in [0.15, 0.2) is 0 Å². The third kappa shape index (κ3) is 5.38. The molecule has 1 aromatic heterocycles. The van der Waals surface area contributed by atoms with Crippen LogP contribution in [0.3, 0.4) is 0 Å². The summed E-state index contributed by atoms with van der Waals surface area (Å²) in [6, 6.07) is 27.2. The Hall–Kier alpha value is -4.19. The zero-order valence-electron chi connectivity index (χ0n) is 21.6. The summed E-state index contributed by atoms with van der Waals surface area (Å²) in [5.41, 5.74) is 8.82. The summed E-state index contributed by atoms with van der Waals surface area (Å²) in [5.74, 6) is 0.115. The predicted molar refractivity (Wildman–Crippen MR) is 165 cm³/mol. The quantitative estimate of drug-likeness (QED) is 0.148. The van der Waals surface area contributed by atoms with Gasteiger partial charge in [-0.1, -0.05) is 77.3 Å². The SMILES string of the molecule is N#CC1=C(N)Oc2cc(OC(=O)c3sc4cc(Cl)ccc4c3Cl)ccc2C1c1ccc(OCc2ccccc2Cl)cc1. The van der Waals surface area contributed by atoms with E-state index in [-0.39, 0.29) is 22.1 Å². The summed E-state index contributed by atoms with van der Waals surface area (Å²) in [4.78, 5) is 13.3. The van der Waals surface area contributed by atoms with Crippen molar-refractivity contribution in [2.75, 3.05) is 0 Å². The molecule has 5 aromatic rings. The van der Waals surface area contributed by atoms with Crippen LogP contribution in [0.25, 0.3) is 10.1 Å². The molecule has 0 aliphatic carbocycles. The molecule has 0 spiro atoms. The van der Waals surface area contributed by atoms with E-state index in [2.05, 4.69) is 6.07 Å². The van der Waals surface area contributed by atoms with E-state index in [1.807, 2.05) is 48.5 Å². The van der Waals surface area contributed by atoms with Crippen LogP contribution in [-0.4, -0.2) is 5.97 Å². The van der Waals surface area contributed by atoms with Gasteiger partial charge in [0.1, 0.15) is 40.4 Å². The first-order valence-electron chi connectivity index (χ1n) is 12.6. The Kier molecular flexibility index (Phi) is 7.72. The lowest BCUT2D eigenvalue weighted by Gasteiger charge is -2.26. The third-order valence-corrected chi connectivity index (χ3v) is 8.98. The Balaban J connectivity index is 1.25. The zero-order valence-corrected chi connectivity index (χ0v) is 24.7. The highest BCUT2D eigenvalue weighted by atomic mass is 35.5. The summed E-state index contributed by atoms with van der Waals surface area (Å²) >= 11 is 20.0. The van der Waals surface area contributed by atoms with E-state index in [0.29, 0.717) is 38.7 Å². The number of nitrogens with two attached hydrogens (primary N) is 1. The number of allylic oxidation sites excluding steroid dienone is 1. The maximum Gasteiger partial charge on any atom is 0.355 e. The third-order valence-electron chi connectivity index (χ3n) is 6.74. The number of rotatable bonds is 6. The van der Waals surface area contributed by atoms with E-state index in [1.165, 1.54) is 11.3 Å². The predicted octanol–water partition coefficient (Wildman–Crippen LogP) is 8.88. The number of fused-ring (bicyclic) bond motifs is 2. The van der Waals surface area contributed by atoms with Crippen LogP contribution in [0.1, 0.15) is 32.3 Å². The number of ether oxygens (including phenoxy) is 3. The summed E-state index contributed by atoms with van der Waals surface area (Å²) < 4.78 is 18.1. The molecule has 208 valence electrons. The molecule has 10 heteroatoms. The number of carbonyl (C=O) groups is 1. The largest absolute Gasteiger partial charge is 0.489 e. The molecule has 0 amide bonds. The lowest BCUT2D eigenvalue weighted by atomic mass is 9.83. The lowest BCUT2D eigenvalue weighted by Crippen LogP contribution is -2.21. The van der Waals surface area contributed by atoms with E-state index in [4.69, 9.17) is 54.7 Å². The second kappa shape index (κ2) is 11.6. The number of halogens is 3. The average molecular weight is 634 g/mol. The van der Waals surface area contributed by atoms with Crippen molar-refractivity contribution in [1.29, 1.82) is 5.26 Å². The Morgan fingerprint density at radius 2 is 1.74 bits per heavy atom. The van der Waals surface area contributed by atoms with E-state index < -0.39 is 11.9 Å². The van der Waals surface area contributed by atoms with Crippen LogP contribution in [0.5, 0.6) is 17.2 Å². The molecule has 1 atom stereocenters. The van der Waals surface area contributed by atoms with Gasteiger partial charge in [0.2, 0.25) is 5.88 Å². The van der Waals surface area contributed by atoms with Gasteiger partial charge in [0.25, 0.3) is 0 Å². The van der Waals surface area contributed by atoms with Gasteiger partial charge in [-0.25, -0.2) is 4.79 Å². The van der Waals surface area contributed by atoms with Crippen molar-refractivity contribution in [2.24, 2.45) is 5.73 Å². The Labute approximate surface area is 260 Å². The van der Waals surface area contributed by atoms with Gasteiger partial charge in [-0.05, 0) is 42.0 Å². The fraction of sp³-hybridized carbons (Fsp3) is 0.0625. The molecular formula is C32H19Cl3N2O4S. The zero-order chi connectivity index (χ0) is 29.4. The highest BCUT2D eigenvalue weighted by molar-refractivity contribution is 7.21. The maximum atomic E-state index is 13.0. The number of hydrogen-bond donors (Lipinski definition) is 1. The van der Waals surface area contributed by atoms with Crippen LogP contribution in [-0.2, 0) is 6.61 Å². The van der Waals surface area contributed by atoms with Crippen LogP contribution in [0.2, 0.25) is 15.1 Å². The van der Waals surface area contributed by atoms with Crippen LogP contribution in [0, 0.1) is 11.3 Å². The van der Waals surface area contributed by atoms with Crippen molar-refractivity contribution in [1.82, 2.24) is 0 Å². The van der Waals surface area contributed by atoms with Crippen molar-refractivity contribution in [2.45, 2.75) is 12.5 Å². The average Bonchev–Trinajstić information content (AvgIpc) is 3.31. The molecule has 1 aliphatic heterocycles. The number of nitriles is 1. The molecule has 0 bridgehead atoms. The molecule has 2 heterocycles. The second-order valence-corrected chi connectivity index (χ2v) is 11.6. The monoisotopic (exact) mass is 632 g/mol. The fourth-order valence-corrected chi connectivity index (χ4v) is 6.55. The van der Waals surface area contributed by atoms with Crippen molar-refractivity contribution >= 4 is 62.2 Å². The first-order valence-corrected chi connectivity index (χ1v) is 14.5.